The van der Waals surface area contributed by atoms with E-state index in [4.69, 9.17) is 0 Å². The Morgan fingerprint density at radius 1 is 0.396 bits per heavy atom. The second-order valence-corrected chi connectivity index (χ2v) is 12.0. The van der Waals surface area contributed by atoms with Crippen LogP contribution in [0.25, 0.3) is 77.2 Å². The lowest BCUT2D eigenvalue weighted by molar-refractivity contribution is 1.18. The van der Waals surface area contributed by atoms with Gasteiger partial charge in [0.15, 0.2) is 0 Å². The Morgan fingerprint density at radius 3 is 1.67 bits per heavy atom. The second-order valence-electron chi connectivity index (χ2n) is 12.0. The van der Waals surface area contributed by atoms with Crippen LogP contribution in [0.2, 0.25) is 0 Å². The quantitative estimate of drug-likeness (QED) is 0.199. The van der Waals surface area contributed by atoms with E-state index >= 15 is 0 Å². The molecule has 9 aromatic rings. The van der Waals surface area contributed by atoms with Crippen LogP contribution in [0.3, 0.4) is 0 Å². The van der Waals surface area contributed by atoms with Crippen molar-refractivity contribution in [3.8, 4) is 45.8 Å². The molecular weight excluding hydrogens is 585 g/mol. The molecule has 7 aromatic carbocycles. The van der Waals surface area contributed by atoms with Gasteiger partial charge in [0.1, 0.15) is 6.07 Å². The van der Waals surface area contributed by atoms with Gasteiger partial charge in [-0.1, -0.05) is 103 Å². The molecule has 4 heteroatoms. The van der Waals surface area contributed by atoms with Crippen LogP contribution in [0, 0.1) is 22.7 Å². The van der Waals surface area contributed by atoms with Gasteiger partial charge in [-0.05, 0) is 65.7 Å². The summed E-state index contributed by atoms with van der Waals surface area (Å²) < 4.78 is 4.51. The predicted molar refractivity (Wildman–Crippen MR) is 195 cm³/mol. The van der Waals surface area contributed by atoms with E-state index in [0.29, 0.717) is 11.1 Å². The van der Waals surface area contributed by atoms with Crippen LogP contribution >= 0.6 is 0 Å². The van der Waals surface area contributed by atoms with Crippen molar-refractivity contribution in [2.24, 2.45) is 0 Å². The van der Waals surface area contributed by atoms with Crippen molar-refractivity contribution in [2.75, 3.05) is 0 Å². The number of hydrogen-bond donors (Lipinski definition) is 0. The zero-order valence-corrected chi connectivity index (χ0v) is 25.8. The van der Waals surface area contributed by atoms with Crippen molar-refractivity contribution in [2.45, 2.75) is 0 Å². The number of rotatable bonds is 4. The van der Waals surface area contributed by atoms with E-state index in [2.05, 4.69) is 130 Å². The van der Waals surface area contributed by atoms with E-state index in [1.54, 1.807) is 0 Å². The van der Waals surface area contributed by atoms with Gasteiger partial charge < -0.3 is 9.13 Å². The molecule has 0 aliphatic rings. The number of aromatic nitrogens is 2. The summed E-state index contributed by atoms with van der Waals surface area (Å²) in [5, 5.41) is 25.0. The van der Waals surface area contributed by atoms with Gasteiger partial charge in [-0.15, -0.1) is 0 Å². The minimum absolute atomic E-state index is 0.610. The van der Waals surface area contributed by atoms with Gasteiger partial charge in [0, 0.05) is 38.4 Å². The summed E-state index contributed by atoms with van der Waals surface area (Å²) in [5.74, 6) is 0. The number of benzene rings is 7. The molecule has 0 bridgehead atoms. The van der Waals surface area contributed by atoms with E-state index in [9.17, 15) is 10.5 Å². The molecular formula is C44H26N4. The number of para-hydroxylation sites is 5. The van der Waals surface area contributed by atoms with Crippen LogP contribution in [-0.4, -0.2) is 9.13 Å². The number of nitrogens with zero attached hydrogens (tertiary/aromatic N) is 4. The molecule has 48 heavy (non-hydrogen) atoms. The van der Waals surface area contributed by atoms with Gasteiger partial charge in [0.2, 0.25) is 0 Å². The first kappa shape index (κ1) is 27.4. The van der Waals surface area contributed by atoms with Gasteiger partial charge in [-0.2, -0.15) is 10.5 Å². The van der Waals surface area contributed by atoms with E-state index < -0.39 is 0 Å². The molecule has 222 valence electrons. The summed E-state index contributed by atoms with van der Waals surface area (Å²) in [6.45, 7) is 0. The van der Waals surface area contributed by atoms with E-state index in [1.807, 2.05) is 48.5 Å². The number of nitriles is 2. The summed E-state index contributed by atoms with van der Waals surface area (Å²) >= 11 is 0. The van der Waals surface area contributed by atoms with Crippen LogP contribution in [0.1, 0.15) is 11.1 Å². The largest absolute Gasteiger partial charge is 0.309 e. The number of hydrogen-bond acceptors (Lipinski definition) is 2. The highest BCUT2D eigenvalue weighted by Gasteiger charge is 2.19. The molecule has 0 saturated carbocycles. The molecule has 0 N–H and O–H groups in total. The molecule has 4 nitrogen and oxygen atoms in total. The van der Waals surface area contributed by atoms with E-state index in [-0.39, 0.29) is 0 Å². The third-order valence-electron chi connectivity index (χ3n) is 9.41. The molecule has 0 atom stereocenters. The Kier molecular flexibility index (Phi) is 6.22. The highest BCUT2D eigenvalue weighted by Crippen LogP contribution is 2.39. The fourth-order valence-corrected chi connectivity index (χ4v) is 7.33. The van der Waals surface area contributed by atoms with Crippen molar-refractivity contribution in [1.82, 2.24) is 9.13 Å². The maximum absolute atomic E-state index is 10.3. The third kappa shape index (κ3) is 4.07. The second kappa shape index (κ2) is 10.9. The Hall–Kier alpha value is -6.88. The van der Waals surface area contributed by atoms with Crippen molar-refractivity contribution in [3.63, 3.8) is 0 Å². The molecule has 0 unspecified atom stereocenters. The molecule has 0 spiro atoms. The summed E-state index contributed by atoms with van der Waals surface area (Å²) in [6, 6.07) is 58.9. The normalized spacial score (nSPS) is 11.3. The summed E-state index contributed by atoms with van der Waals surface area (Å²) in [4.78, 5) is 0. The van der Waals surface area contributed by atoms with Crippen LogP contribution in [-0.2, 0) is 0 Å². The Morgan fingerprint density at radius 2 is 0.958 bits per heavy atom. The standard InChI is InChI=1S/C44H26N4/c45-27-31-24-23-30(34-14-1-5-19-40(34)48-43-22-8-4-17-37(43)38-18-10-12-32(28-46)44(38)48)26-39(31)29-11-9-13-33(25-29)47-41-20-6-2-15-35(41)36-16-3-7-21-42(36)47/h1-26H. The maximum atomic E-state index is 10.3. The fourth-order valence-electron chi connectivity index (χ4n) is 7.33. The first-order valence-corrected chi connectivity index (χ1v) is 15.9. The lowest BCUT2D eigenvalue weighted by atomic mass is 9.94. The molecule has 2 aromatic heterocycles. The van der Waals surface area contributed by atoms with Crippen molar-refractivity contribution >= 4 is 43.6 Å². The third-order valence-corrected chi connectivity index (χ3v) is 9.41. The molecule has 0 fully saturated rings. The monoisotopic (exact) mass is 610 g/mol. The smallest absolute Gasteiger partial charge is 0.101 e. The van der Waals surface area contributed by atoms with Crippen LogP contribution in [0.4, 0.5) is 0 Å². The van der Waals surface area contributed by atoms with Gasteiger partial charge in [-0.3, -0.25) is 0 Å². The van der Waals surface area contributed by atoms with E-state index in [0.717, 1.165) is 66.5 Å². The highest BCUT2D eigenvalue weighted by molar-refractivity contribution is 6.12. The summed E-state index contributed by atoms with van der Waals surface area (Å²) in [5.41, 5.74) is 11.3. The lowest BCUT2D eigenvalue weighted by Gasteiger charge is -2.16. The summed E-state index contributed by atoms with van der Waals surface area (Å²) in [6.07, 6.45) is 0. The Labute approximate surface area is 277 Å². The minimum atomic E-state index is 0.610. The SMILES string of the molecule is N#Cc1ccc(-c2ccccc2-n2c3ccccc3c3cccc(C#N)c32)cc1-c1cccc(-n2c3ccccc3c3ccccc32)c1. The van der Waals surface area contributed by atoms with E-state index in [1.165, 1.54) is 10.8 Å². The van der Waals surface area contributed by atoms with Gasteiger partial charge in [0.25, 0.3) is 0 Å². The molecule has 0 saturated heterocycles. The molecule has 0 amide bonds. The van der Waals surface area contributed by atoms with Crippen LogP contribution in [0.5, 0.6) is 0 Å². The molecule has 0 aliphatic heterocycles. The predicted octanol–water partition coefficient (Wildman–Crippen LogP) is 11.0. The van der Waals surface area contributed by atoms with Gasteiger partial charge >= 0.3 is 0 Å². The van der Waals surface area contributed by atoms with Crippen molar-refractivity contribution < 1.29 is 0 Å². The van der Waals surface area contributed by atoms with Crippen LogP contribution in [0.15, 0.2) is 158 Å². The molecule has 2 heterocycles. The molecule has 0 aliphatic carbocycles. The molecule has 9 rings (SSSR count). The Bertz CT molecular complexity index is 2760. The lowest BCUT2D eigenvalue weighted by Crippen LogP contribution is -1.99. The zero-order chi connectivity index (χ0) is 32.2. The average Bonchev–Trinajstić information content (AvgIpc) is 3.68. The fraction of sp³-hybridized carbons (Fsp3) is 0. The van der Waals surface area contributed by atoms with Crippen molar-refractivity contribution in [3.05, 3.63) is 169 Å². The van der Waals surface area contributed by atoms with Gasteiger partial charge in [0.05, 0.1) is 45.0 Å². The van der Waals surface area contributed by atoms with Gasteiger partial charge in [-0.25, -0.2) is 0 Å². The maximum Gasteiger partial charge on any atom is 0.101 e. The number of fused-ring (bicyclic) bond motifs is 6. The first-order valence-electron chi connectivity index (χ1n) is 15.9. The minimum Gasteiger partial charge on any atom is -0.309 e. The molecule has 0 radical (unpaired) electrons. The van der Waals surface area contributed by atoms with Crippen molar-refractivity contribution in [1.29, 1.82) is 10.5 Å². The topological polar surface area (TPSA) is 57.4 Å². The van der Waals surface area contributed by atoms with Crippen LogP contribution < -0.4 is 0 Å². The summed E-state index contributed by atoms with van der Waals surface area (Å²) in [7, 11) is 0. The highest BCUT2D eigenvalue weighted by atomic mass is 15.0. The Balaban J connectivity index is 1.25. The average molecular weight is 611 g/mol. The zero-order valence-electron chi connectivity index (χ0n) is 25.8. The first-order chi connectivity index (χ1) is 23.7.